The van der Waals surface area contributed by atoms with Crippen molar-refractivity contribution in [3.8, 4) is 0 Å². The highest BCUT2D eigenvalue weighted by Gasteiger charge is 2.37. The van der Waals surface area contributed by atoms with Gasteiger partial charge in [-0.15, -0.1) is 0 Å². The Hall–Kier alpha value is -4.27. The van der Waals surface area contributed by atoms with Gasteiger partial charge in [0.2, 0.25) is 0 Å². The van der Waals surface area contributed by atoms with Gasteiger partial charge in [0.25, 0.3) is 0 Å². The maximum atomic E-state index is 12.2. The summed E-state index contributed by atoms with van der Waals surface area (Å²) in [4.78, 5) is 34.6. The molecule has 3 rings (SSSR count). The van der Waals surface area contributed by atoms with Crippen molar-refractivity contribution in [2.24, 2.45) is 10.8 Å². The highest BCUT2D eigenvalue weighted by Crippen LogP contribution is 2.31. The van der Waals surface area contributed by atoms with Crippen molar-refractivity contribution >= 4 is 24.0 Å². The molecule has 0 saturated heterocycles. The van der Waals surface area contributed by atoms with Crippen molar-refractivity contribution in [3.05, 3.63) is 114 Å². The van der Waals surface area contributed by atoms with E-state index in [1.807, 2.05) is 84.0 Å². The quantitative estimate of drug-likeness (QED) is 0.162. The number of carbonyl (C=O) groups is 3. The number of carbonyl (C=O) groups excluding carboxylic acids is 2. The average Bonchev–Trinajstić information content (AvgIpc) is 3.01. The van der Waals surface area contributed by atoms with Gasteiger partial charge >= 0.3 is 17.9 Å². The number of hydrogen-bond acceptors (Lipinski definition) is 7. The molecule has 0 bridgehead atoms. The Balaban J connectivity index is 0.000000415. The molecule has 0 aliphatic heterocycles. The predicted octanol–water partition coefficient (Wildman–Crippen LogP) is 7.06. The fourth-order valence-electron chi connectivity index (χ4n) is 3.32. The number of rotatable bonds is 10. The van der Waals surface area contributed by atoms with Crippen LogP contribution in [0.1, 0.15) is 81.7 Å². The summed E-state index contributed by atoms with van der Waals surface area (Å²) < 4.78 is 11.2. The molecule has 8 heteroatoms. The lowest BCUT2D eigenvalue weighted by Gasteiger charge is -2.36. The first kappa shape index (κ1) is 38.8. The molecule has 244 valence electrons. The lowest BCUT2D eigenvalue weighted by atomic mass is 9.82. The second-order valence-corrected chi connectivity index (χ2v) is 11.9. The molecule has 8 nitrogen and oxygen atoms in total. The van der Waals surface area contributed by atoms with Crippen LogP contribution in [0.2, 0.25) is 0 Å². The number of ether oxygens (including phenoxy) is 2. The van der Waals surface area contributed by atoms with E-state index < -0.39 is 35.8 Å². The van der Waals surface area contributed by atoms with Gasteiger partial charge in [-0.25, -0.2) is 14.4 Å². The van der Waals surface area contributed by atoms with Crippen LogP contribution in [0.5, 0.6) is 0 Å². The van der Waals surface area contributed by atoms with Gasteiger partial charge in [-0.3, -0.25) is 0 Å². The summed E-state index contributed by atoms with van der Waals surface area (Å²) in [5, 5.41) is 26.5. The maximum Gasteiger partial charge on any atom is 0.338 e. The summed E-state index contributed by atoms with van der Waals surface area (Å²) in [6, 6.07) is 27.0. The van der Waals surface area contributed by atoms with E-state index in [1.54, 1.807) is 68.5 Å². The van der Waals surface area contributed by atoms with Crippen molar-refractivity contribution in [3.63, 3.8) is 0 Å². The third kappa shape index (κ3) is 13.5. The zero-order chi connectivity index (χ0) is 34.2. The molecule has 3 aromatic rings. The van der Waals surface area contributed by atoms with Crippen LogP contribution in [0.3, 0.4) is 0 Å². The third-order valence-electron chi connectivity index (χ3n) is 8.05. The van der Waals surface area contributed by atoms with E-state index >= 15 is 0 Å². The highest BCUT2D eigenvalue weighted by molar-refractivity contribution is 5.90. The van der Waals surface area contributed by atoms with E-state index in [9.17, 15) is 14.4 Å². The Morgan fingerprint density at radius 1 is 0.600 bits per heavy atom. The van der Waals surface area contributed by atoms with Crippen LogP contribution >= 0.6 is 0 Å². The molecule has 4 atom stereocenters. The van der Waals surface area contributed by atoms with E-state index in [-0.39, 0.29) is 17.4 Å². The van der Waals surface area contributed by atoms with Gasteiger partial charge in [0, 0.05) is 16.9 Å². The lowest BCUT2D eigenvalue weighted by molar-refractivity contribution is -0.131. The van der Waals surface area contributed by atoms with Crippen LogP contribution in [-0.4, -0.2) is 57.6 Å². The van der Waals surface area contributed by atoms with Crippen LogP contribution in [0.25, 0.3) is 6.08 Å². The van der Waals surface area contributed by atoms with Crippen molar-refractivity contribution < 1.29 is 39.2 Å². The van der Waals surface area contributed by atoms with Gasteiger partial charge in [0.05, 0.1) is 23.3 Å². The SMILES string of the molecule is CC(O)C(C)(C)C(C)O.CC(OC(=O)c1ccccc1)C(C)(C)C(C)OC(=O)c1ccccc1.O=C(O)C=Cc1ccccc1. The Bertz CT molecular complexity index is 1260. The Morgan fingerprint density at radius 2 is 0.933 bits per heavy atom. The van der Waals surface area contributed by atoms with Crippen molar-refractivity contribution in [2.45, 2.75) is 79.8 Å². The summed E-state index contributed by atoms with van der Waals surface area (Å²) in [5.74, 6) is -1.70. The summed E-state index contributed by atoms with van der Waals surface area (Å²) in [5.41, 5.74) is 0.961. The Labute approximate surface area is 267 Å². The summed E-state index contributed by atoms with van der Waals surface area (Å²) in [6.07, 6.45) is 0.894. The first-order valence-electron chi connectivity index (χ1n) is 14.8. The van der Waals surface area contributed by atoms with E-state index in [1.165, 1.54) is 0 Å². The van der Waals surface area contributed by atoms with E-state index in [2.05, 4.69) is 0 Å². The number of carboxylic acids is 1. The second-order valence-electron chi connectivity index (χ2n) is 11.9. The predicted molar refractivity (Wildman–Crippen MR) is 177 cm³/mol. The van der Waals surface area contributed by atoms with Gasteiger partial charge in [0.15, 0.2) is 0 Å². The van der Waals surface area contributed by atoms with Crippen LogP contribution in [-0.2, 0) is 14.3 Å². The molecular weight excluding hydrogens is 572 g/mol. The summed E-state index contributed by atoms with van der Waals surface area (Å²) in [6.45, 7) is 14.5. The van der Waals surface area contributed by atoms with Gasteiger partial charge in [0.1, 0.15) is 12.2 Å². The van der Waals surface area contributed by atoms with Crippen molar-refractivity contribution in [2.75, 3.05) is 0 Å². The van der Waals surface area contributed by atoms with E-state index in [0.717, 1.165) is 11.6 Å². The minimum absolute atomic E-state index is 0.386. The number of hydrogen-bond donors (Lipinski definition) is 3. The number of benzene rings is 3. The van der Waals surface area contributed by atoms with Crippen molar-refractivity contribution in [1.82, 2.24) is 0 Å². The van der Waals surface area contributed by atoms with Gasteiger partial charge in [-0.1, -0.05) is 94.4 Å². The third-order valence-corrected chi connectivity index (χ3v) is 8.05. The summed E-state index contributed by atoms with van der Waals surface area (Å²) in [7, 11) is 0. The molecule has 0 radical (unpaired) electrons. The highest BCUT2D eigenvalue weighted by atomic mass is 16.6. The minimum atomic E-state index is -0.922. The van der Waals surface area contributed by atoms with E-state index in [0.29, 0.717) is 11.1 Å². The molecule has 3 N–H and O–H groups in total. The van der Waals surface area contributed by atoms with Crippen LogP contribution < -0.4 is 0 Å². The fraction of sp³-hybridized carbons (Fsp3) is 0.378. The molecular formula is C37H48O8. The first-order chi connectivity index (χ1) is 21.0. The topological polar surface area (TPSA) is 130 Å². The van der Waals surface area contributed by atoms with Crippen LogP contribution in [0, 0.1) is 10.8 Å². The molecule has 0 saturated carbocycles. The molecule has 0 heterocycles. The molecule has 0 aliphatic rings. The number of aliphatic carboxylic acids is 1. The number of esters is 2. The monoisotopic (exact) mass is 620 g/mol. The first-order valence-corrected chi connectivity index (χ1v) is 14.8. The average molecular weight is 621 g/mol. The minimum Gasteiger partial charge on any atom is -0.478 e. The second kappa shape index (κ2) is 18.5. The number of aliphatic hydroxyl groups is 2. The van der Waals surface area contributed by atoms with Crippen LogP contribution in [0.4, 0.5) is 0 Å². The molecule has 45 heavy (non-hydrogen) atoms. The molecule has 0 spiro atoms. The van der Waals surface area contributed by atoms with Crippen molar-refractivity contribution in [1.29, 1.82) is 0 Å². The lowest BCUT2D eigenvalue weighted by Crippen LogP contribution is -2.42. The number of carboxylic acid groups (broad SMARTS) is 1. The normalized spacial score (nSPS) is 13.9. The van der Waals surface area contributed by atoms with Gasteiger partial charge in [-0.2, -0.15) is 0 Å². The fourth-order valence-corrected chi connectivity index (χ4v) is 3.32. The number of aliphatic hydroxyl groups excluding tert-OH is 2. The van der Waals surface area contributed by atoms with E-state index in [4.69, 9.17) is 24.8 Å². The molecule has 0 amide bonds. The smallest absolute Gasteiger partial charge is 0.338 e. The summed E-state index contributed by atoms with van der Waals surface area (Å²) >= 11 is 0. The molecule has 3 aromatic carbocycles. The molecule has 0 aliphatic carbocycles. The Kier molecular flexibility index (Phi) is 15.9. The largest absolute Gasteiger partial charge is 0.478 e. The van der Waals surface area contributed by atoms with Gasteiger partial charge in [-0.05, 0) is 63.6 Å². The standard InChI is InChI=1S/C21H24O4.C9H8O2.C7H16O2/c1-15(24-19(22)17-11-7-5-8-12-17)21(3,4)16(2)25-20(23)18-13-9-6-10-14-18;10-9(11)7-6-8-4-2-1-3-5-8;1-5(8)7(3,4)6(2)9/h5-16H,1-4H3;1-7H,(H,10,11);5-6,8-9H,1-4H3. The zero-order valence-corrected chi connectivity index (χ0v) is 27.5. The van der Waals surface area contributed by atoms with Gasteiger partial charge < -0.3 is 24.8 Å². The Morgan fingerprint density at radius 3 is 1.22 bits per heavy atom. The molecule has 0 aromatic heterocycles. The molecule has 0 fully saturated rings. The van der Waals surface area contributed by atoms with Crippen LogP contribution in [0.15, 0.2) is 97.1 Å². The zero-order valence-electron chi connectivity index (χ0n) is 27.5. The molecule has 4 unspecified atom stereocenters. The maximum absolute atomic E-state index is 12.2.